The maximum atomic E-state index is 13.9. The quantitative estimate of drug-likeness (QED) is 0.909. The molecule has 1 unspecified atom stereocenters. The van der Waals surface area contributed by atoms with Gasteiger partial charge in [0.25, 0.3) is 0 Å². The van der Waals surface area contributed by atoms with Crippen LogP contribution in [-0.2, 0) is 19.9 Å². The molecule has 6 heteroatoms. The van der Waals surface area contributed by atoms with Crippen molar-refractivity contribution in [1.82, 2.24) is 15.1 Å². The van der Waals surface area contributed by atoms with Gasteiger partial charge in [-0.3, -0.25) is 4.68 Å². The van der Waals surface area contributed by atoms with Crippen LogP contribution in [0.1, 0.15) is 17.0 Å². The zero-order valence-corrected chi connectivity index (χ0v) is 13.8. The third-order valence-corrected chi connectivity index (χ3v) is 4.47. The van der Waals surface area contributed by atoms with E-state index in [1.807, 2.05) is 21.0 Å². The second kappa shape index (κ2) is 6.77. The Hall–Kier alpha value is -1.10. The lowest BCUT2D eigenvalue weighted by Gasteiger charge is -2.18. The first-order valence-electron chi connectivity index (χ1n) is 6.72. The van der Waals surface area contributed by atoms with E-state index in [2.05, 4.69) is 10.4 Å². The lowest BCUT2D eigenvalue weighted by Crippen LogP contribution is -2.31. The molecule has 0 aliphatic rings. The summed E-state index contributed by atoms with van der Waals surface area (Å²) in [7, 11) is 3.70. The molecular formula is C15H18Cl2FN3. The van der Waals surface area contributed by atoms with Gasteiger partial charge in [0.1, 0.15) is 5.82 Å². The van der Waals surface area contributed by atoms with Gasteiger partial charge in [-0.15, -0.1) is 0 Å². The van der Waals surface area contributed by atoms with Crippen molar-refractivity contribution >= 4 is 23.2 Å². The molecule has 0 aliphatic heterocycles. The highest BCUT2D eigenvalue weighted by molar-refractivity contribution is 6.32. The van der Waals surface area contributed by atoms with Gasteiger partial charge < -0.3 is 5.32 Å². The lowest BCUT2D eigenvalue weighted by molar-refractivity contribution is 0.516. The summed E-state index contributed by atoms with van der Waals surface area (Å²) < 4.78 is 15.7. The molecule has 3 nitrogen and oxygen atoms in total. The average Bonchev–Trinajstić information content (AvgIpc) is 2.67. The van der Waals surface area contributed by atoms with Gasteiger partial charge in [0.2, 0.25) is 0 Å². The average molecular weight is 330 g/mol. The number of halogens is 3. The van der Waals surface area contributed by atoms with Crippen molar-refractivity contribution in [3.05, 3.63) is 51.0 Å². The van der Waals surface area contributed by atoms with Crippen LogP contribution >= 0.6 is 23.2 Å². The summed E-state index contributed by atoms with van der Waals surface area (Å²) in [5, 5.41) is 8.60. The van der Waals surface area contributed by atoms with E-state index in [-0.39, 0.29) is 11.9 Å². The number of hydrogen-bond acceptors (Lipinski definition) is 2. The van der Waals surface area contributed by atoms with Crippen LogP contribution < -0.4 is 5.32 Å². The molecule has 114 valence electrons. The third kappa shape index (κ3) is 3.57. The van der Waals surface area contributed by atoms with Crippen LogP contribution in [0.25, 0.3) is 0 Å². The van der Waals surface area contributed by atoms with Gasteiger partial charge in [0, 0.05) is 30.1 Å². The smallest absolute Gasteiger partial charge is 0.127 e. The molecule has 0 bridgehead atoms. The fourth-order valence-corrected chi connectivity index (χ4v) is 2.86. The fraction of sp³-hybridized carbons (Fsp3) is 0.400. The van der Waals surface area contributed by atoms with Gasteiger partial charge in [-0.05, 0) is 32.5 Å². The van der Waals surface area contributed by atoms with E-state index in [0.717, 1.165) is 11.4 Å². The van der Waals surface area contributed by atoms with E-state index in [0.29, 0.717) is 28.5 Å². The Morgan fingerprint density at radius 1 is 1.33 bits per heavy atom. The molecule has 1 aromatic carbocycles. The van der Waals surface area contributed by atoms with Crippen LogP contribution in [0.15, 0.2) is 18.2 Å². The van der Waals surface area contributed by atoms with Crippen LogP contribution in [0.4, 0.5) is 4.39 Å². The Balaban J connectivity index is 2.21. The van der Waals surface area contributed by atoms with Crippen LogP contribution in [0, 0.1) is 12.7 Å². The van der Waals surface area contributed by atoms with E-state index >= 15 is 0 Å². The van der Waals surface area contributed by atoms with Crippen molar-refractivity contribution in [3.8, 4) is 0 Å². The molecule has 1 N–H and O–H groups in total. The van der Waals surface area contributed by atoms with Crippen LogP contribution in [-0.4, -0.2) is 22.9 Å². The van der Waals surface area contributed by atoms with Crippen molar-refractivity contribution in [2.45, 2.75) is 25.8 Å². The second-order valence-electron chi connectivity index (χ2n) is 5.06. The van der Waals surface area contributed by atoms with Gasteiger partial charge >= 0.3 is 0 Å². The number of rotatable bonds is 5. The molecular weight excluding hydrogens is 312 g/mol. The van der Waals surface area contributed by atoms with Crippen LogP contribution in [0.5, 0.6) is 0 Å². The second-order valence-corrected chi connectivity index (χ2v) is 5.85. The highest BCUT2D eigenvalue weighted by Gasteiger charge is 2.18. The topological polar surface area (TPSA) is 29.9 Å². The van der Waals surface area contributed by atoms with Crippen molar-refractivity contribution in [1.29, 1.82) is 0 Å². The Morgan fingerprint density at radius 3 is 2.57 bits per heavy atom. The predicted molar refractivity (Wildman–Crippen MR) is 84.6 cm³/mol. The van der Waals surface area contributed by atoms with Crippen molar-refractivity contribution in [2.24, 2.45) is 7.05 Å². The van der Waals surface area contributed by atoms with Crippen molar-refractivity contribution in [2.75, 3.05) is 7.05 Å². The van der Waals surface area contributed by atoms with Gasteiger partial charge in [0.15, 0.2) is 0 Å². The summed E-state index contributed by atoms with van der Waals surface area (Å²) in [5.41, 5.74) is 2.25. The highest BCUT2D eigenvalue weighted by Crippen LogP contribution is 2.24. The fourth-order valence-electron chi connectivity index (χ4n) is 2.39. The molecule has 0 aliphatic carbocycles. The number of benzene rings is 1. The largest absolute Gasteiger partial charge is 0.316 e. The minimum absolute atomic E-state index is 0.0201. The maximum absolute atomic E-state index is 13.9. The van der Waals surface area contributed by atoms with Gasteiger partial charge in [-0.2, -0.15) is 5.10 Å². The molecule has 1 atom stereocenters. The van der Waals surface area contributed by atoms with Crippen LogP contribution in [0.3, 0.4) is 0 Å². The third-order valence-electron chi connectivity index (χ3n) is 3.62. The van der Waals surface area contributed by atoms with Gasteiger partial charge in [-0.1, -0.05) is 29.3 Å². The summed E-state index contributed by atoms with van der Waals surface area (Å²) in [4.78, 5) is 0. The van der Waals surface area contributed by atoms with E-state index < -0.39 is 0 Å². The molecule has 0 spiro atoms. The number of aromatic nitrogens is 2. The molecule has 0 saturated heterocycles. The minimum atomic E-state index is -0.282. The number of nitrogens with zero attached hydrogens (tertiary/aromatic N) is 2. The number of aryl methyl sites for hydroxylation is 2. The molecule has 21 heavy (non-hydrogen) atoms. The van der Waals surface area contributed by atoms with E-state index in [1.54, 1.807) is 16.8 Å². The van der Waals surface area contributed by atoms with E-state index in [9.17, 15) is 4.39 Å². The first-order valence-corrected chi connectivity index (χ1v) is 7.47. The van der Waals surface area contributed by atoms with Gasteiger partial charge in [-0.25, -0.2) is 4.39 Å². The minimum Gasteiger partial charge on any atom is -0.316 e. The molecule has 2 rings (SSSR count). The number of hydrogen-bond donors (Lipinski definition) is 1. The highest BCUT2D eigenvalue weighted by atomic mass is 35.5. The van der Waals surface area contributed by atoms with Gasteiger partial charge in [0.05, 0.1) is 16.4 Å². The first kappa shape index (κ1) is 16.3. The maximum Gasteiger partial charge on any atom is 0.127 e. The zero-order chi connectivity index (χ0) is 15.6. The Bertz CT molecular complexity index is 620. The SMILES string of the molecule is CNC(Cc1c(F)cccc1Cl)Cc1c(Cl)c(C)nn1C. The molecule has 0 amide bonds. The monoisotopic (exact) mass is 329 g/mol. The molecule has 1 aromatic heterocycles. The molecule has 0 radical (unpaired) electrons. The Labute approximate surface area is 134 Å². The molecule has 0 saturated carbocycles. The first-order chi connectivity index (χ1) is 9.93. The summed E-state index contributed by atoms with van der Waals surface area (Å²) in [6.45, 7) is 1.87. The lowest BCUT2D eigenvalue weighted by atomic mass is 10.0. The normalized spacial score (nSPS) is 12.7. The Morgan fingerprint density at radius 2 is 2.05 bits per heavy atom. The predicted octanol–water partition coefficient (Wildman–Crippen LogP) is 3.55. The zero-order valence-electron chi connectivity index (χ0n) is 12.3. The number of nitrogens with one attached hydrogen (secondary N) is 1. The van der Waals surface area contributed by atoms with E-state index in [1.165, 1.54) is 6.07 Å². The summed E-state index contributed by atoms with van der Waals surface area (Å²) in [5.74, 6) is -0.282. The molecule has 0 fully saturated rings. The molecule has 1 heterocycles. The summed E-state index contributed by atoms with van der Waals surface area (Å²) in [6, 6.07) is 4.76. The Kier molecular flexibility index (Phi) is 5.25. The summed E-state index contributed by atoms with van der Waals surface area (Å²) in [6.07, 6.45) is 1.14. The van der Waals surface area contributed by atoms with Crippen molar-refractivity contribution < 1.29 is 4.39 Å². The standard InChI is InChI=1S/C15H18Cl2FN3/c1-9-15(17)14(21(3)20-9)8-10(19-2)7-11-12(16)5-4-6-13(11)18/h4-6,10,19H,7-8H2,1-3H3. The van der Waals surface area contributed by atoms with E-state index in [4.69, 9.17) is 23.2 Å². The summed E-state index contributed by atoms with van der Waals surface area (Å²) >= 11 is 12.4. The van der Waals surface area contributed by atoms with Crippen LogP contribution in [0.2, 0.25) is 10.0 Å². The number of likely N-dealkylation sites (N-methyl/N-ethyl adjacent to an activating group) is 1. The van der Waals surface area contributed by atoms with Crippen molar-refractivity contribution in [3.63, 3.8) is 0 Å². The molecule has 2 aromatic rings.